The Morgan fingerprint density at radius 3 is 3.07 bits per heavy atom. The maximum absolute atomic E-state index is 4.18. The Morgan fingerprint density at radius 1 is 1.53 bits per heavy atom. The van der Waals surface area contributed by atoms with Gasteiger partial charge in [0.25, 0.3) is 0 Å². The molecule has 0 bridgehead atoms. The quantitative estimate of drug-likeness (QED) is 0.817. The second kappa shape index (κ2) is 4.90. The van der Waals surface area contributed by atoms with Crippen molar-refractivity contribution >= 4 is 16.5 Å². The largest absolute Gasteiger partial charge is 0.356 e. The number of hydrogen-bond donors (Lipinski definition) is 2. The van der Waals surface area contributed by atoms with E-state index in [-0.39, 0.29) is 0 Å². The molecular formula is C10H18N4S. The number of nitrogens with one attached hydrogen (secondary N) is 2. The first-order chi connectivity index (χ1) is 7.24. The molecule has 5 heteroatoms. The lowest BCUT2D eigenvalue weighted by Gasteiger charge is -2.07. The van der Waals surface area contributed by atoms with E-state index in [1.54, 1.807) is 11.3 Å². The topological polar surface area (TPSA) is 49.8 Å². The molecule has 0 radical (unpaired) electrons. The zero-order valence-electron chi connectivity index (χ0n) is 9.29. The summed E-state index contributed by atoms with van der Waals surface area (Å²) in [6.45, 7) is 6.55. The molecule has 0 saturated carbocycles. The first kappa shape index (κ1) is 10.8. The lowest BCUT2D eigenvalue weighted by Crippen LogP contribution is -2.21. The third kappa shape index (κ3) is 3.14. The van der Waals surface area contributed by atoms with Crippen LogP contribution in [0.15, 0.2) is 0 Å². The van der Waals surface area contributed by atoms with E-state index >= 15 is 0 Å². The van der Waals surface area contributed by atoms with Crippen molar-refractivity contribution in [1.82, 2.24) is 15.5 Å². The van der Waals surface area contributed by atoms with E-state index in [2.05, 4.69) is 34.7 Å². The highest BCUT2D eigenvalue weighted by Gasteiger charge is 2.15. The third-order valence-corrected chi connectivity index (χ3v) is 3.31. The van der Waals surface area contributed by atoms with Gasteiger partial charge < -0.3 is 10.6 Å². The number of hydrogen-bond acceptors (Lipinski definition) is 5. The molecule has 1 aliphatic heterocycles. The molecule has 2 rings (SSSR count). The summed E-state index contributed by atoms with van der Waals surface area (Å²) in [5, 5.41) is 17.2. The summed E-state index contributed by atoms with van der Waals surface area (Å²) in [5.41, 5.74) is 0. The Morgan fingerprint density at radius 2 is 2.40 bits per heavy atom. The van der Waals surface area contributed by atoms with Crippen molar-refractivity contribution in [2.75, 3.05) is 18.4 Å². The van der Waals surface area contributed by atoms with Crippen molar-refractivity contribution in [3.63, 3.8) is 0 Å². The second-order valence-corrected chi connectivity index (χ2v) is 5.50. The van der Waals surface area contributed by atoms with Gasteiger partial charge in [-0.3, -0.25) is 0 Å². The van der Waals surface area contributed by atoms with Crippen LogP contribution in [0.5, 0.6) is 0 Å². The smallest absolute Gasteiger partial charge is 0.205 e. The molecule has 1 fully saturated rings. The van der Waals surface area contributed by atoms with E-state index in [0.29, 0.717) is 12.0 Å². The van der Waals surface area contributed by atoms with Gasteiger partial charge in [0.2, 0.25) is 5.13 Å². The molecule has 2 N–H and O–H groups in total. The SMILES string of the molecule is CC(C)Cc1nnc(NC2CCNC2)s1. The minimum atomic E-state index is 0.532. The van der Waals surface area contributed by atoms with Crippen molar-refractivity contribution in [3.05, 3.63) is 5.01 Å². The molecule has 1 unspecified atom stereocenters. The molecule has 4 nitrogen and oxygen atoms in total. The summed E-state index contributed by atoms with van der Waals surface area (Å²) in [6.07, 6.45) is 2.21. The van der Waals surface area contributed by atoms with Gasteiger partial charge in [0, 0.05) is 19.0 Å². The number of rotatable bonds is 4. The Labute approximate surface area is 94.5 Å². The molecular weight excluding hydrogens is 208 g/mol. The van der Waals surface area contributed by atoms with Gasteiger partial charge in [0.1, 0.15) is 5.01 Å². The van der Waals surface area contributed by atoms with Crippen LogP contribution in [0.2, 0.25) is 0 Å². The molecule has 84 valence electrons. The van der Waals surface area contributed by atoms with Crippen molar-refractivity contribution in [3.8, 4) is 0 Å². The summed E-state index contributed by atoms with van der Waals surface area (Å²) in [4.78, 5) is 0. The van der Waals surface area contributed by atoms with Gasteiger partial charge >= 0.3 is 0 Å². The van der Waals surface area contributed by atoms with E-state index in [0.717, 1.165) is 29.6 Å². The average Bonchev–Trinajstić information content (AvgIpc) is 2.77. The van der Waals surface area contributed by atoms with Crippen LogP contribution in [0.4, 0.5) is 5.13 Å². The fraction of sp³-hybridized carbons (Fsp3) is 0.800. The Kier molecular flexibility index (Phi) is 3.53. The minimum absolute atomic E-state index is 0.532. The molecule has 1 aromatic heterocycles. The highest BCUT2D eigenvalue weighted by atomic mass is 32.1. The van der Waals surface area contributed by atoms with E-state index in [4.69, 9.17) is 0 Å². The van der Waals surface area contributed by atoms with Gasteiger partial charge in [0.15, 0.2) is 0 Å². The van der Waals surface area contributed by atoms with Crippen LogP contribution in [0.3, 0.4) is 0 Å². The van der Waals surface area contributed by atoms with Gasteiger partial charge in [-0.1, -0.05) is 25.2 Å². The summed E-state index contributed by atoms with van der Waals surface area (Å²) in [6, 6.07) is 0.532. The molecule has 1 saturated heterocycles. The van der Waals surface area contributed by atoms with Gasteiger partial charge in [-0.2, -0.15) is 0 Å². The zero-order chi connectivity index (χ0) is 10.7. The first-order valence-electron chi connectivity index (χ1n) is 5.53. The maximum Gasteiger partial charge on any atom is 0.205 e. The van der Waals surface area contributed by atoms with E-state index < -0.39 is 0 Å². The standard InChI is InChI=1S/C10H18N4S/c1-7(2)5-9-13-14-10(15-9)12-8-3-4-11-6-8/h7-8,11H,3-6H2,1-2H3,(H,12,14). The van der Waals surface area contributed by atoms with Crippen molar-refractivity contribution in [1.29, 1.82) is 0 Å². The fourth-order valence-electron chi connectivity index (χ4n) is 1.70. The highest BCUT2D eigenvalue weighted by Crippen LogP contribution is 2.19. The van der Waals surface area contributed by atoms with Gasteiger partial charge in [-0.25, -0.2) is 0 Å². The first-order valence-corrected chi connectivity index (χ1v) is 6.35. The van der Waals surface area contributed by atoms with Crippen molar-refractivity contribution in [2.45, 2.75) is 32.7 Å². The molecule has 0 amide bonds. The van der Waals surface area contributed by atoms with Crippen LogP contribution in [0.25, 0.3) is 0 Å². The lowest BCUT2D eigenvalue weighted by atomic mass is 10.1. The van der Waals surface area contributed by atoms with Crippen LogP contribution < -0.4 is 10.6 Å². The second-order valence-electron chi connectivity index (χ2n) is 4.43. The molecule has 1 aromatic rings. The Bertz CT molecular complexity index is 304. The molecule has 1 aliphatic rings. The normalized spacial score (nSPS) is 21.1. The van der Waals surface area contributed by atoms with Gasteiger partial charge in [0.05, 0.1) is 0 Å². The van der Waals surface area contributed by atoms with E-state index in [9.17, 15) is 0 Å². The minimum Gasteiger partial charge on any atom is -0.356 e. The summed E-state index contributed by atoms with van der Waals surface area (Å²) < 4.78 is 0. The van der Waals surface area contributed by atoms with Crippen molar-refractivity contribution < 1.29 is 0 Å². The monoisotopic (exact) mass is 226 g/mol. The summed E-state index contributed by atoms with van der Waals surface area (Å²) >= 11 is 1.69. The lowest BCUT2D eigenvalue weighted by molar-refractivity contribution is 0.640. The van der Waals surface area contributed by atoms with Crippen LogP contribution in [0.1, 0.15) is 25.3 Å². The van der Waals surface area contributed by atoms with Crippen LogP contribution in [0, 0.1) is 5.92 Å². The van der Waals surface area contributed by atoms with Crippen LogP contribution in [-0.2, 0) is 6.42 Å². The number of nitrogens with zero attached hydrogens (tertiary/aromatic N) is 2. The van der Waals surface area contributed by atoms with E-state index in [1.807, 2.05) is 0 Å². The molecule has 0 aliphatic carbocycles. The number of aromatic nitrogens is 2. The molecule has 15 heavy (non-hydrogen) atoms. The number of anilines is 1. The predicted octanol–water partition coefficient (Wildman–Crippen LogP) is 1.51. The van der Waals surface area contributed by atoms with Gasteiger partial charge in [-0.15, -0.1) is 10.2 Å². The molecule has 1 atom stereocenters. The summed E-state index contributed by atoms with van der Waals surface area (Å²) in [5.74, 6) is 0.652. The van der Waals surface area contributed by atoms with E-state index in [1.165, 1.54) is 6.42 Å². The summed E-state index contributed by atoms with van der Waals surface area (Å²) in [7, 11) is 0. The predicted molar refractivity (Wildman–Crippen MR) is 63.3 cm³/mol. The van der Waals surface area contributed by atoms with Crippen LogP contribution >= 0.6 is 11.3 Å². The molecule has 0 aromatic carbocycles. The maximum atomic E-state index is 4.18. The molecule has 2 heterocycles. The fourth-order valence-corrected chi connectivity index (χ4v) is 2.72. The Balaban J connectivity index is 1.88. The zero-order valence-corrected chi connectivity index (χ0v) is 10.1. The van der Waals surface area contributed by atoms with Crippen molar-refractivity contribution in [2.24, 2.45) is 5.92 Å². The third-order valence-electron chi connectivity index (χ3n) is 2.44. The van der Waals surface area contributed by atoms with Gasteiger partial charge in [-0.05, 0) is 18.9 Å². The average molecular weight is 226 g/mol. The Hall–Kier alpha value is -0.680. The molecule has 0 spiro atoms. The highest BCUT2D eigenvalue weighted by molar-refractivity contribution is 7.15. The van der Waals surface area contributed by atoms with Crippen LogP contribution in [-0.4, -0.2) is 29.3 Å².